The Morgan fingerprint density at radius 3 is 2.88 bits per heavy atom. The summed E-state index contributed by atoms with van der Waals surface area (Å²) in [6.45, 7) is 1.79. The normalized spacial score (nSPS) is 22.4. The molecule has 0 aromatic carbocycles. The maximum absolute atomic E-state index is 13.8. The van der Waals surface area contributed by atoms with E-state index in [0.717, 1.165) is 19.5 Å². The first-order valence-electron chi connectivity index (χ1n) is 5.71. The first-order valence-corrected chi connectivity index (χ1v) is 5.71. The number of nitrogen functional groups attached to an aromatic ring is 1. The van der Waals surface area contributed by atoms with Gasteiger partial charge in [-0.3, -0.25) is 0 Å². The molecule has 2 heterocycles. The Balaban J connectivity index is 1.88. The van der Waals surface area contributed by atoms with Crippen LogP contribution in [0.25, 0.3) is 0 Å². The minimum Gasteiger partial charge on any atom is -0.381 e. The highest BCUT2D eigenvalue weighted by Gasteiger charge is 2.46. The van der Waals surface area contributed by atoms with Crippen molar-refractivity contribution in [2.24, 2.45) is 5.41 Å². The fourth-order valence-corrected chi connectivity index (χ4v) is 2.57. The molecule has 5 heteroatoms. The highest BCUT2D eigenvalue weighted by molar-refractivity contribution is 5.49. The van der Waals surface area contributed by atoms with Crippen LogP contribution in [0.1, 0.15) is 25.7 Å². The van der Waals surface area contributed by atoms with Gasteiger partial charge in [-0.2, -0.15) is 4.39 Å². The van der Waals surface area contributed by atoms with Gasteiger partial charge < -0.3 is 10.6 Å². The Kier molecular flexibility index (Phi) is 2.02. The summed E-state index contributed by atoms with van der Waals surface area (Å²) in [6, 6.07) is 0. The van der Waals surface area contributed by atoms with E-state index in [1.54, 1.807) is 0 Å². The van der Waals surface area contributed by atoms with Crippen molar-refractivity contribution in [1.82, 2.24) is 9.97 Å². The summed E-state index contributed by atoms with van der Waals surface area (Å²) < 4.78 is 13.8. The average molecular weight is 222 g/mol. The van der Waals surface area contributed by atoms with Gasteiger partial charge in [0.15, 0.2) is 11.6 Å². The van der Waals surface area contributed by atoms with Gasteiger partial charge in [0, 0.05) is 13.1 Å². The van der Waals surface area contributed by atoms with E-state index in [4.69, 9.17) is 5.73 Å². The van der Waals surface area contributed by atoms with E-state index >= 15 is 0 Å². The molecule has 2 fully saturated rings. The monoisotopic (exact) mass is 222 g/mol. The molecule has 4 nitrogen and oxygen atoms in total. The quantitative estimate of drug-likeness (QED) is 0.783. The third-order valence-corrected chi connectivity index (χ3v) is 3.72. The second kappa shape index (κ2) is 3.30. The molecule has 1 aliphatic carbocycles. The molecule has 16 heavy (non-hydrogen) atoms. The average Bonchev–Trinajstić information content (AvgIpc) is 3.02. The van der Waals surface area contributed by atoms with Crippen molar-refractivity contribution < 1.29 is 4.39 Å². The Bertz CT molecular complexity index is 416. The number of anilines is 2. The van der Waals surface area contributed by atoms with Crippen LogP contribution in [0.2, 0.25) is 0 Å². The van der Waals surface area contributed by atoms with Gasteiger partial charge in [-0.05, 0) is 31.1 Å². The van der Waals surface area contributed by atoms with E-state index in [2.05, 4.69) is 9.97 Å². The molecular formula is C11H15FN4. The SMILES string of the molecule is Nc1ncnc(N2CCCC3(CC3)C2)c1F. The maximum atomic E-state index is 13.8. The zero-order valence-electron chi connectivity index (χ0n) is 9.12. The topological polar surface area (TPSA) is 55.0 Å². The Morgan fingerprint density at radius 2 is 2.12 bits per heavy atom. The Morgan fingerprint density at radius 1 is 1.31 bits per heavy atom. The number of aromatic nitrogens is 2. The molecule has 2 aliphatic rings. The van der Waals surface area contributed by atoms with E-state index < -0.39 is 5.82 Å². The molecule has 0 amide bonds. The molecule has 1 saturated heterocycles. The molecule has 0 radical (unpaired) electrons. The van der Waals surface area contributed by atoms with Crippen molar-refractivity contribution >= 4 is 11.6 Å². The number of rotatable bonds is 1. The summed E-state index contributed by atoms with van der Waals surface area (Å²) in [5, 5.41) is 0. The number of piperidine rings is 1. The fourth-order valence-electron chi connectivity index (χ4n) is 2.57. The van der Waals surface area contributed by atoms with Gasteiger partial charge >= 0.3 is 0 Å². The van der Waals surface area contributed by atoms with E-state index in [-0.39, 0.29) is 5.82 Å². The molecule has 1 saturated carbocycles. The van der Waals surface area contributed by atoms with Gasteiger partial charge in [-0.25, -0.2) is 9.97 Å². The smallest absolute Gasteiger partial charge is 0.207 e. The lowest BCUT2D eigenvalue weighted by molar-refractivity contribution is 0.390. The molecule has 0 atom stereocenters. The minimum atomic E-state index is -0.472. The number of hydrogen-bond acceptors (Lipinski definition) is 4. The van der Waals surface area contributed by atoms with E-state index in [9.17, 15) is 4.39 Å². The van der Waals surface area contributed by atoms with Gasteiger partial charge in [0.1, 0.15) is 6.33 Å². The fraction of sp³-hybridized carbons (Fsp3) is 0.636. The second-order valence-corrected chi connectivity index (χ2v) is 4.92. The van der Waals surface area contributed by atoms with Gasteiger partial charge in [0.05, 0.1) is 0 Å². The van der Waals surface area contributed by atoms with Crippen molar-refractivity contribution in [3.63, 3.8) is 0 Å². The van der Waals surface area contributed by atoms with Crippen LogP contribution in [0.4, 0.5) is 16.0 Å². The van der Waals surface area contributed by atoms with Gasteiger partial charge in [-0.15, -0.1) is 0 Å². The maximum Gasteiger partial charge on any atom is 0.207 e. The van der Waals surface area contributed by atoms with Crippen LogP contribution in [-0.4, -0.2) is 23.1 Å². The Hall–Kier alpha value is -1.39. The predicted molar refractivity (Wildman–Crippen MR) is 59.5 cm³/mol. The van der Waals surface area contributed by atoms with Crippen LogP contribution in [-0.2, 0) is 0 Å². The van der Waals surface area contributed by atoms with Gasteiger partial charge in [-0.1, -0.05) is 0 Å². The van der Waals surface area contributed by atoms with Gasteiger partial charge in [0.2, 0.25) is 5.82 Å². The number of nitrogens with two attached hydrogens (primary N) is 1. The number of nitrogens with zero attached hydrogens (tertiary/aromatic N) is 3. The van der Waals surface area contributed by atoms with Gasteiger partial charge in [0.25, 0.3) is 0 Å². The zero-order valence-corrected chi connectivity index (χ0v) is 9.12. The second-order valence-electron chi connectivity index (χ2n) is 4.92. The van der Waals surface area contributed by atoms with Crippen LogP contribution in [0.15, 0.2) is 6.33 Å². The molecule has 3 rings (SSSR count). The van der Waals surface area contributed by atoms with Crippen LogP contribution >= 0.6 is 0 Å². The molecule has 1 spiro atoms. The summed E-state index contributed by atoms with van der Waals surface area (Å²) in [4.78, 5) is 9.68. The number of hydrogen-bond donors (Lipinski definition) is 1. The van der Waals surface area contributed by atoms with Crippen molar-refractivity contribution in [2.45, 2.75) is 25.7 Å². The van der Waals surface area contributed by atoms with Crippen molar-refractivity contribution in [1.29, 1.82) is 0 Å². The first kappa shape index (κ1) is 9.81. The standard InChI is InChI=1S/C11H15FN4/c12-8-9(13)14-7-15-10(8)16-5-1-2-11(6-16)3-4-11/h7H,1-6H2,(H2,13,14,15). The lowest BCUT2D eigenvalue weighted by Gasteiger charge is -2.33. The number of halogens is 1. The predicted octanol–water partition coefficient (Wildman–Crippen LogP) is 1.58. The molecular weight excluding hydrogens is 207 g/mol. The molecule has 2 N–H and O–H groups in total. The Labute approximate surface area is 93.7 Å². The summed E-state index contributed by atoms with van der Waals surface area (Å²) in [5.74, 6) is -0.154. The third-order valence-electron chi connectivity index (χ3n) is 3.72. The van der Waals surface area contributed by atoms with E-state index in [0.29, 0.717) is 11.2 Å². The molecule has 0 unspecified atom stereocenters. The first-order chi connectivity index (χ1) is 7.70. The summed E-state index contributed by atoms with van der Waals surface area (Å²) in [6.07, 6.45) is 6.26. The highest BCUT2D eigenvalue weighted by atomic mass is 19.1. The molecule has 1 aliphatic heterocycles. The van der Waals surface area contributed by atoms with Crippen LogP contribution in [0.5, 0.6) is 0 Å². The van der Waals surface area contributed by atoms with E-state index in [1.807, 2.05) is 4.90 Å². The van der Waals surface area contributed by atoms with Crippen LogP contribution in [0.3, 0.4) is 0 Å². The molecule has 0 bridgehead atoms. The molecule has 1 aromatic rings. The summed E-state index contributed by atoms with van der Waals surface area (Å²) >= 11 is 0. The van der Waals surface area contributed by atoms with Crippen LogP contribution < -0.4 is 10.6 Å². The zero-order chi connectivity index (χ0) is 11.2. The molecule has 86 valence electrons. The lowest BCUT2D eigenvalue weighted by atomic mass is 9.95. The van der Waals surface area contributed by atoms with Crippen molar-refractivity contribution in [3.8, 4) is 0 Å². The van der Waals surface area contributed by atoms with Crippen molar-refractivity contribution in [3.05, 3.63) is 12.1 Å². The van der Waals surface area contributed by atoms with Crippen molar-refractivity contribution in [2.75, 3.05) is 23.7 Å². The third kappa shape index (κ3) is 1.50. The highest BCUT2D eigenvalue weighted by Crippen LogP contribution is 2.52. The largest absolute Gasteiger partial charge is 0.381 e. The van der Waals surface area contributed by atoms with E-state index in [1.165, 1.54) is 25.6 Å². The summed E-state index contributed by atoms with van der Waals surface area (Å²) in [5.41, 5.74) is 5.91. The van der Waals surface area contributed by atoms with Crippen LogP contribution in [0, 0.1) is 11.2 Å². The lowest BCUT2D eigenvalue weighted by Crippen LogP contribution is -2.37. The minimum absolute atomic E-state index is 0.0552. The summed E-state index contributed by atoms with van der Waals surface area (Å²) in [7, 11) is 0. The molecule has 1 aromatic heterocycles.